The number of ether oxygens (including phenoxy) is 1. The summed E-state index contributed by atoms with van der Waals surface area (Å²) in [6, 6.07) is 14.2. The van der Waals surface area contributed by atoms with Crippen LogP contribution in [0.3, 0.4) is 0 Å². The van der Waals surface area contributed by atoms with Crippen molar-refractivity contribution in [1.29, 1.82) is 0 Å². The van der Waals surface area contributed by atoms with Gasteiger partial charge in [-0.2, -0.15) is 0 Å². The van der Waals surface area contributed by atoms with Gasteiger partial charge in [0.2, 0.25) is 0 Å². The SMILES string of the molecule is CCN(CC)CCOC(=O)c1cnc(-c2ccc(C)cc2C)c2ccccc12. The fourth-order valence-corrected chi connectivity index (χ4v) is 3.53. The minimum absolute atomic E-state index is 0.317. The Hall–Kier alpha value is -2.72. The second-order valence-corrected chi connectivity index (χ2v) is 7.05. The first-order valence-electron chi connectivity index (χ1n) is 9.90. The molecular weight excluding hydrogens is 348 g/mol. The number of carbonyl (C=O) groups excluding carboxylic acids is 1. The highest BCUT2D eigenvalue weighted by atomic mass is 16.5. The van der Waals surface area contributed by atoms with Crippen LogP contribution in [0.1, 0.15) is 35.3 Å². The number of pyridine rings is 1. The van der Waals surface area contributed by atoms with Crippen molar-refractivity contribution in [2.45, 2.75) is 27.7 Å². The molecule has 1 aromatic heterocycles. The zero-order valence-electron chi connectivity index (χ0n) is 17.2. The summed E-state index contributed by atoms with van der Waals surface area (Å²) >= 11 is 0. The van der Waals surface area contributed by atoms with Crippen molar-refractivity contribution in [1.82, 2.24) is 9.88 Å². The Balaban J connectivity index is 1.93. The van der Waals surface area contributed by atoms with Crippen LogP contribution in [0.4, 0.5) is 0 Å². The van der Waals surface area contributed by atoms with Crippen LogP contribution in [-0.2, 0) is 4.74 Å². The quantitative estimate of drug-likeness (QED) is 0.543. The van der Waals surface area contributed by atoms with Crippen molar-refractivity contribution >= 4 is 16.7 Å². The van der Waals surface area contributed by atoms with Gasteiger partial charge in [0.05, 0.1) is 11.3 Å². The number of nitrogens with zero attached hydrogens (tertiary/aromatic N) is 2. The van der Waals surface area contributed by atoms with Gasteiger partial charge in [0.1, 0.15) is 6.61 Å². The van der Waals surface area contributed by atoms with Crippen LogP contribution in [0.15, 0.2) is 48.7 Å². The number of carbonyl (C=O) groups is 1. The summed E-state index contributed by atoms with van der Waals surface area (Å²) in [7, 11) is 0. The van der Waals surface area contributed by atoms with Crippen LogP contribution in [0, 0.1) is 13.8 Å². The molecule has 3 aromatic rings. The van der Waals surface area contributed by atoms with Crippen LogP contribution in [0.5, 0.6) is 0 Å². The van der Waals surface area contributed by atoms with Gasteiger partial charge in [0.25, 0.3) is 0 Å². The standard InChI is InChI=1S/C24H28N2O2/c1-5-26(6-2)13-14-28-24(27)22-16-25-23(21-10-8-7-9-20(21)22)19-12-11-17(3)15-18(19)4/h7-12,15-16H,5-6,13-14H2,1-4H3. The summed E-state index contributed by atoms with van der Waals surface area (Å²) in [4.78, 5) is 19.6. The van der Waals surface area contributed by atoms with Gasteiger partial charge in [0, 0.05) is 23.7 Å². The van der Waals surface area contributed by atoms with Crippen LogP contribution in [-0.4, -0.2) is 42.1 Å². The van der Waals surface area contributed by atoms with Crippen molar-refractivity contribution in [3.63, 3.8) is 0 Å². The Morgan fingerprint density at radius 3 is 2.43 bits per heavy atom. The van der Waals surface area contributed by atoms with Crippen LogP contribution in [0.2, 0.25) is 0 Å². The monoisotopic (exact) mass is 376 g/mol. The van der Waals surface area contributed by atoms with E-state index in [4.69, 9.17) is 4.74 Å². The normalized spacial score (nSPS) is 11.2. The number of rotatable bonds is 7. The molecule has 0 N–H and O–H groups in total. The van der Waals surface area contributed by atoms with E-state index in [0.717, 1.165) is 41.7 Å². The molecule has 146 valence electrons. The van der Waals surface area contributed by atoms with E-state index in [9.17, 15) is 4.79 Å². The topological polar surface area (TPSA) is 42.4 Å². The summed E-state index contributed by atoms with van der Waals surface area (Å²) in [5, 5.41) is 1.84. The van der Waals surface area contributed by atoms with Gasteiger partial charge in [-0.05, 0) is 37.9 Å². The van der Waals surface area contributed by atoms with Gasteiger partial charge in [-0.25, -0.2) is 4.79 Å². The Morgan fingerprint density at radius 2 is 1.75 bits per heavy atom. The molecule has 0 bridgehead atoms. The van der Waals surface area contributed by atoms with Gasteiger partial charge in [-0.3, -0.25) is 4.98 Å². The van der Waals surface area contributed by atoms with E-state index >= 15 is 0 Å². The lowest BCUT2D eigenvalue weighted by atomic mass is 9.97. The Morgan fingerprint density at radius 1 is 1.04 bits per heavy atom. The summed E-state index contributed by atoms with van der Waals surface area (Å²) in [5.41, 5.74) is 4.89. The maximum atomic E-state index is 12.7. The third-order valence-corrected chi connectivity index (χ3v) is 5.19. The first-order chi connectivity index (χ1) is 13.5. The van der Waals surface area contributed by atoms with Crippen LogP contribution < -0.4 is 0 Å². The molecule has 0 saturated carbocycles. The fraction of sp³-hybridized carbons (Fsp3) is 0.333. The molecule has 4 nitrogen and oxygen atoms in total. The number of benzene rings is 2. The number of aryl methyl sites for hydroxylation is 2. The van der Waals surface area contributed by atoms with E-state index in [2.05, 4.69) is 55.8 Å². The molecule has 0 aliphatic rings. The Labute approximate surface area is 167 Å². The number of hydrogen-bond acceptors (Lipinski definition) is 4. The van der Waals surface area contributed by atoms with Gasteiger partial charge < -0.3 is 9.64 Å². The highest BCUT2D eigenvalue weighted by Gasteiger charge is 2.16. The highest BCUT2D eigenvalue weighted by molar-refractivity contribution is 6.08. The smallest absolute Gasteiger partial charge is 0.340 e. The number of aromatic nitrogens is 1. The summed E-state index contributed by atoms with van der Waals surface area (Å²) in [5.74, 6) is -0.317. The molecule has 0 spiro atoms. The number of fused-ring (bicyclic) bond motifs is 1. The van der Waals surface area contributed by atoms with Crippen molar-refractivity contribution in [3.05, 3.63) is 65.4 Å². The molecular formula is C24H28N2O2. The fourth-order valence-electron chi connectivity index (χ4n) is 3.53. The van der Waals surface area contributed by atoms with Gasteiger partial charge in [-0.1, -0.05) is 61.9 Å². The predicted molar refractivity (Wildman–Crippen MR) is 115 cm³/mol. The Kier molecular flexibility index (Phi) is 6.42. The summed E-state index contributed by atoms with van der Waals surface area (Å²) in [6.07, 6.45) is 1.65. The van der Waals surface area contributed by atoms with Gasteiger partial charge in [0.15, 0.2) is 0 Å². The number of likely N-dealkylation sites (N-methyl/N-ethyl adjacent to an activating group) is 1. The lowest BCUT2D eigenvalue weighted by Crippen LogP contribution is -2.28. The minimum atomic E-state index is -0.317. The van der Waals surface area contributed by atoms with E-state index in [0.29, 0.717) is 12.2 Å². The molecule has 0 fully saturated rings. The van der Waals surface area contributed by atoms with E-state index in [-0.39, 0.29) is 5.97 Å². The minimum Gasteiger partial charge on any atom is -0.461 e. The van der Waals surface area contributed by atoms with Crippen molar-refractivity contribution in [2.24, 2.45) is 0 Å². The molecule has 4 heteroatoms. The lowest BCUT2D eigenvalue weighted by molar-refractivity contribution is 0.0468. The molecule has 28 heavy (non-hydrogen) atoms. The average molecular weight is 377 g/mol. The van der Waals surface area contributed by atoms with Crippen LogP contribution in [0.25, 0.3) is 22.0 Å². The second-order valence-electron chi connectivity index (χ2n) is 7.05. The summed E-state index contributed by atoms with van der Waals surface area (Å²) < 4.78 is 5.53. The van der Waals surface area contributed by atoms with E-state index in [1.54, 1.807) is 6.20 Å². The summed E-state index contributed by atoms with van der Waals surface area (Å²) in [6.45, 7) is 11.4. The lowest BCUT2D eigenvalue weighted by Gasteiger charge is -2.18. The Bertz CT molecular complexity index is 978. The molecule has 0 aliphatic heterocycles. The molecule has 0 atom stereocenters. The van der Waals surface area contributed by atoms with E-state index in [1.165, 1.54) is 11.1 Å². The van der Waals surface area contributed by atoms with E-state index < -0.39 is 0 Å². The zero-order chi connectivity index (χ0) is 20.1. The number of esters is 1. The van der Waals surface area contributed by atoms with Crippen molar-refractivity contribution in [3.8, 4) is 11.3 Å². The van der Waals surface area contributed by atoms with Gasteiger partial charge in [-0.15, -0.1) is 0 Å². The van der Waals surface area contributed by atoms with Crippen molar-refractivity contribution in [2.75, 3.05) is 26.2 Å². The van der Waals surface area contributed by atoms with E-state index in [1.807, 2.05) is 24.3 Å². The molecule has 0 radical (unpaired) electrons. The molecule has 1 heterocycles. The average Bonchev–Trinajstić information content (AvgIpc) is 2.70. The van der Waals surface area contributed by atoms with Crippen molar-refractivity contribution < 1.29 is 9.53 Å². The maximum Gasteiger partial charge on any atom is 0.340 e. The molecule has 3 rings (SSSR count). The largest absolute Gasteiger partial charge is 0.461 e. The second kappa shape index (κ2) is 8.98. The van der Waals surface area contributed by atoms with Gasteiger partial charge >= 0.3 is 5.97 Å². The van der Waals surface area contributed by atoms with Crippen LogP contribution >= 0.6 is 0 Å². The molecule has 2 aromatic carbocycles. The predicted octanol–water partition coefficient (Wildman–Crippen LogP) is 5.02. The molecule has 0 unspecified atom stereocenters. The first kappa shape index (κ1) is 20.0. The molecule has 0 aliphatic carbocycles. The highest BCUT2D eigenvalue weighted by Crippen LogP contribution is 2.31. The molecule has 0 saturated heterocycles. The molecule has 0 amide bonds. The third-order valence-electron chi connectivity index (χ3n) is 5.19. The zero-order valence-corrected chi connectivity index (χ0v) is 17.2. The third kappa shape index (κ3) is 4.23. The maximum absolute atomic E-state index is 12.7. The number of hydrogen-bond donors (Lipinski definition) is 0. The first-order valence-corrected chi connectivity index (χ1v) is 9.90.